The van der Waals surface area contributed by atoms with Crippen LogP contribution in [0.15, 0.2) is 72.8 Å². The van der Waals surface area contributed by atoms with Crippen LogP contribution in [0.25, 0.3) is 5.65 Å². The first kappa shape index (κ1) is 15.3. The van der Waals surface area contributed by atoms with Crippen molar-refractivity contribution in [3.8, 4) is 5.75 Å². The monoisotopic (exact) mass is 343 g/mol. The number of hydrogen-bond acceptors (Lipinski definition) is 3. The van der Waals surface area contributed by atoms with E-state index in [0.29, 0.717) is 12.5 Å². The quantitative estimate of drug-likeness (QED) is 0.680. The van der Waals surface area contributed by atoms with Crippen LogP contribution < -0.4 is 9.64 Å². The van der Waals surface area contributed by atoms with Crippen LogP contribution >= 0.6 is 0 Å². The molecular formula is C22H21N3O. The summed E-state index contributed by atoms with van der Waals surface area (Å²) in [6.45, 7) is 2.88. The Morgan fingerprint density at radius 3 is 2.73 bits per heavy atom. The number of ether oxygens (including phenoxy) is 1. The molecule has 0 N–H and O–H groups in total. The fraction of sp³-hybridized carbons (Fsp3) is 0.227. The number of anilines is 1. The van der Waals surface area contributed by atoms with Crippen LogP contribution in [0.3, 0.4) is 0 Å². The summed E-state index contributed by atoms with van der Waals surface area (Å²) in [5.41, 5.74) is 4.70. The molecule has 2 aliphatic rings. The van der Waals surface area contributed by atoms with E-state index < -0.39 is 0 Å². The van der Waals surface area contributed by atoms with Gasteiger partial charge in [-0.2, -0.15) is 0 Å². The van der Waals surface area contributed by atoms with Crippen LogP contribution in [0.1, 0.15) is 30.1 Å². The lowest BCUT2D eigenvalue weighted by Gasteiger charge is -2.24. The van der Waals surface area contributed by atoms with Gasteiger partial charge in [-0.15, -0.1) is 0 Å². The second kappa shape index (κ2) is 6.06. The number of allylic oxidation sites excluding steroid dienone is 2. The van der Waals surface area contributed by atoms with E-state index in [1.807, 2.05) is 42.5 Å². The minimum Gasteiger partial charge on any atom is -0.460 e. The molecule has 130 valence electrons. The van der Waals surface area contributed by atoms with Crippen LogP contribution in [0.5, 0.6) is 5.75 Å². The number of hydrogen-bond donors (Lipinski definition) is 0. The van der Waals surface area contributed by atoms with Crippen LogP contribution in [0.4, 0.5) is 5.69 Å². The van der Waals surface area contributed by atoms with E-state index in [4.69, 9.17) is 9.72 Å². The van der Waals surface area contributed by atoms with Gasteiger partial charge in [-0.05, 0) is 56.2 Å². The second-order valence-corrected chi connectivity index (χ2v) is 6.99. The van der Waals surface area contributed by atoms with E-state index in [1.165, 1.54) is 24.2 Å². The molecule has 1 aromatic carbocycles. The van der Waals surface area contributed by atoms with E-state index in [-0.39, 0.29) is 0 Å². The third-order valence-corrected chi connectivity index (χ3v) is 5.04. The minimum atomic E-state index is 0.669. The van der Waals surface area contributed by atoms with Crippen molar-refractivity contribution in [1.82, 2.24) is 9.38 Å². The van der Waals surface area contributed by atoms with Gasteiger partial charge in [-0.1, -0.05) is 18.2 Å². The molecule has 0 saturated heterocycles. The zero-order valence-electron chi connectivity index (χ0n) is 14.8. The highest BCUT2D eigenvalue weighted by molar-refractivity contribution is 5.57. The summed E-state index contributed by atoms with van der Waals surface area (Å²) >= 11 is 0. The number of pyridine rings is 1. The SMILES string of the molecule is Cc1c(C2CC2)nc2ccc(N3C=CC=C(Oc4ccccc4)C3)cn12. The van der Waals surface area contributed by atoms with Crippen molar-refractivity contribution in [1.29, 1.82) is 0 Å². The largest absolute Gasteiger partial charge is 0.460 e. The maximum atomic E-state index is 6.01. The van der Waals surface area contributed by atoms with Crippen molar-refractivity contribution < 1.29 is 4.74 Å². The number of fused-ring (bicyclic) bond motifs is 1. The Kier molecular flexibility index (Phi) is 3.56. The van der Waals surface area contributed by atoms with Crippen molar-refractivity contribution in [3.05, 3.63) is 84.2 Å². The number of aromatic nitrogens is 2. The molecular weight excluding hydrogens is 322 g/mol. The zero-order valence-corrected chi connectivity index (χ0v) is 14.8. The molecule has 3 heterocycles. The van der Waals surface area contributed by atoms with Gasteiger partial charge in [0, 0.05) is 24.0 Å². The number of aryl methyl sites for hydroxylation is 1. The van der Waals surface area contributed by atoms with Crippen LogP contribution in [-0.4, -0.2) is 15.9 Å². The lowest BCUT2D eigenvalue weighted by atomic mass is 10.2. The molecule has 0 spiro atoms. The molecule has 1 saturated carbocycles. The fourth-order valence-corrected chi connectivity index (χ4v) is 3.49. The molecule has 2 aromatic heterocycles. The minimum absolute atomic E-state index is 0.669. The lowest BCUT2D eigenvalue weighted by Crippen LogP contribution is -2.24. The number of para-hydroxylation sites is 1. The molecule has 4 nitrogen and oxygen atoms in total. The Balaban J connectivity index is 1.40. The average Bonchev–Trinajstić information content (AvgIpc) is 3.47. The molecule has 1 fully saturated rings. The number of rotatable bonds is 4. The van der Waals surface area contributed by atoms with Gasteiger partial charge in [-0.3, -0.25) is 0 Å². The van der Waals surface area contributed by atoms with Crippen molar-refractivity contribution in [2.24, 2.45) is 0 Å². The molecule has 5 rings (SSSR count). The first-order valence-corrected chi connectivity index (χ1v) is 9.13. The summed E-state index contributed by atoms with van der Waals surface area (Å²) in [7, 11) is 0. The summed E-state index contributed by atoms with van der Waals surface area (Å²) in [6.07, 6.45) is 10.9. The van der Waals surface area contributed by atoms with Crippen molar-refractivity contribution in [2.75, 3.05) is 11.4 Å². The molecule has 3 aromatic rings. The summed E-state index contributed by atoms with van der Waals surface area (Å²) in [5, 5.41) is 0. The van der Waals surface area contributed by atoms with E-state index in [0.717, 1.165) is 22.8 Å². The van der Waals surface area contributed by atoms with E-state index in [2.05, 4.69) is 40.8 Å². The first-order chi connectivity index (χ1) is 12.8. The number of nitrogens with zero attached hydrogens (tertiary/aromatic N) is 3. The predicted octanol–water partition coefficient (Wildman–Crippen LogP) is 4.82. The smallest absolute Gasteiger partial charge is 0.137 e. The Labute approximate surface area is 153 Å². The third-order valence-electron chi connectivity index (χ3n) is 5.04. The molecule has 26 heavy (non-hydrogen) atoms. The third kappa shape index (κ3) is 2.77. The molecule has 0 unspecified atom stereocenters. The Morgan fingerprint density at radius 1 is 1.08 bits per heavy atom. The average molecular weight is 343 g/mol. The van der Waals surface area contributed by atoms with Crippen molar-refractivity contribution in [2.45, 2.75) is 25.7 Å². The molecule has 1 aliphatic carbocycles. The van der Waals surface area contributed by atoms with Gasteiger partial charge < -0.3 is 14.0 Å². The standard InChI is InChI=1S/C22H21N3O/c1-16-22(17-9-10-17)23-21-12-11-18(14-25(16)21)24-13-5-8-20(15-24)26-19-6-3-2-4-7-19/h2-8,11-14,17H,9-10,15H2,1H3. The van der Waals surface area contributed by atoms with Gasteiger partial charge >= 0.3 is 0 Å². The van der Waals surface area contributed by atoms with Crippen molar-refractivity contribution >= 4 is 11.3 Å². The van der Waals surface area contributed by atoms with Gasteiger partial charge in [0.25, 0.3) is 0 Å². The molecule has 0 bridgehead atoms. The molecule has 0 radical (unpaired) electrons. The zero-order chi connectivity index (χ0) is 17.5. The maximum absolute atomic E-state index is 6.01. The van der Waals surface area contributed by atoms with Crippen LogP contribution in [0, 0.1) is 6.92 Å². The highest BCUT2D eigenvalue weighted by atomic mass is 16.5. The fourth-order valence-electron chi connectivity index (χ4n) is 3.49. The van der Waals surface area contributed by atoms with Gasteiger partial charge in [-0.25, -0.2) is 4.98 Å². The van der Waals surface area contributed by atoms with Gasteiger partial charge in [0.1, 0.15) is 17.2 Å². The summed E-state index contributed by atoms with van der Waals surface area (Å²) in [4.78, 5) is 7.02. The van der Waals surface area contributed by atoms with Crippen LogP contribution in [0.2, 0.25) is 0 Å². The summed E-state index contributed by atoms with van der Waals surface area (Å²) in [5.74, 6) is 2.46. The second-order valence-electron chi connectivity index (χ2n) is 6.99. The molecule has 1 aliphatic heterocycles. The molecule has 0 atom stereocenters. The van der Waals surface area contributed by atoms with E-state index in [9.17, 15) is 0 Å². The van der Waals surface area contributed by atoms with Crippen LogP contribution in [-0.2, 0) is 0 Å². The van der Waals surface area contributed by atoms with Gasteiger partial charge in [0.15, 0.2) is 0 Å². The Bertz CT molecular complexity index is 1010. The molecule has 0 amide bonds. The molecule has 4 heteroatoms. The van der Waals surface area contributed by atoms with E-state index in [1.54, 1.807) is 0 Å². The Morgan fingerprint density at radius 2 is 1.92 bits per heavy atom. The maximum Gasteiger partial charge on any atom is 0.137 e. The van der Waals surface area contributed by atoms with Gasteiger partial charge in [0.2, 0.25) is 0 Å². The topological polar surface area (TPSA) is 29.8 Å². The van der Waals surface area contributed by atoms with E-state index >= 15 is 0 Å². The number of benzene rings is 1. The van der Waals surface area contributed by atoms with Crippen molar-refractivity contribution in [3.63, 3.8) is 0 Å². The summed E-state index contributed by atoms with van der Waals surface area (Å²) < 4.78 is 8.23. The highest BCUT2D eigenvalue weighted by Gasteiger charge is 2.28. The Hall–Kier alpha value is -3.01. The predicted molar refractivity (Wildman–Crippen MR) is 104 cm³/mol. The van der Waals surface area contributed by atoms with Gasteiger partial charge in [0.05, 0.1) is 17.9 Å². The summed E-state index contributed by atoms with van der Waals surface area (Å²) in [6, 6.07) is 14.2. The first-order valence-electron chi connectivity index (χ1n) is 9.13. The number of imidazole rings is 1. The highest BCUT2D eigenvalue weighted by Crippen LogP contribution is 2.41. The lowest BCUT2D eigenvalue weighted by molar-refractivity contribution is 0.415. The normalized spacial score (nSPS) is 16.8.